The van der Waals surface area contributed by atoms with Crippen LogP contribution in [0.15, 0.2) is 4.99 Å². The number of halogens is 1. The van der Waals surface area contributed by atoms with Crippen molar-refractivity contribution in [2.24, 2.45) is 10.9 Å². The quantitative estimate of drug-likeness (QED) is 0.358. The highest BCUT2D eigenvalue weighted by Crippen LogP contribution is 2.34. The van der Waals surface area contributed by atoms with Gasteiger partial charge in [0.2, 0.25) is 5.91 Å². The first-order valence-electron chi connectivity index (χ1n) is 7.71. The van der Waals surface area contributed by atoms with Crippen molar-refractivity contribution < 1.29 is 4.79 Å². The summed E-state index contributed by atoms with van der Waals surface area (Å²) in [6.45, 7) is 11.1. The maximum Gasteiger partial charge on any atom is 0.242 e. The number of guanidine groups is 1. The fourth-order valence-electron chi connectivity index (χ4n) is 2.22. The fourth-order valence-corrected chi connectivity index (χ4v) is 2.22. The van der Waals surface area contributed by atoms with Gasteiger partial charge in [-0.05, 0) is 46.5 Å². The zero-order chi connectivity index (χ0) is 15.2. The monoisotopic (exact) mass is 410 g/mol. The van der Waals surface area contributed by atoms with Crippen LogP contribution in [0.1, 0.15) is 53.9 Å². The first-order chi connectivity index (χ1) is 9.35. The molecule has 1 rings (SSSR count). The van der Waals surface area contributed by atoms with Gasteiger partial charge in [0.15, 0.2) is 5.96 Å². The van der Waals surface area contributed by atoms with Gasteiger partial charge >= 0.3 is 0 Å². The highest BCUT2D eigenvalue weighted by molar-refractivity contribution is 14.0. The van der Waals surface area contributed by atoms with Crippen LogP contribution in [0.2, 0.25) is 0 Å². The molecule has 0 spiro atoms. The lowest BCUT2D eigenvalue weighted by atomic mass is 10.1. The molecule has 1 fully saturated rings. The Morgan fingerprint density at radius 3 is 2.48 bits per heavy atom. The molecule has 1 aliphatic carbocycles. The summed E-state index contributed by atoms with van der Waals surface area (Å²) in [5.41, 5.74) is -0.207. The average molecular weight is 410 g/mol. The van der Waals surface area contributed by atoms with Crippen LogP contribution < -0.4 is 16.0 Å². The summed E-state index contributed by atoms with van der Waals surface area (Å²) >= 11 is 0. The molecule has 0 saturated heterocycles. The van der Waals surface area contributed by atoms with Crippen LogP contribution in [0, 0.1) is 5.92 Å². The lowest BCUT2D eigenvalue weighted by Gasteiger charge is -2.20. The van der Waals surface area contributed by atoms with E-state index in [0.717, 1.165) is 18.4 Å². The molecule has 0 heterocycles. The van der Waals surface area contributed by atoms with Gasteiger partial charge in [0.25, 0.3) is 0 Å². The number of hydrogen-bond acceptors (Lipinski definition) is 2. The van der Waals surface area contributed by atoms with E-state index < -0.39 is 0 Å². The van der Waals surface area contributed by atoms with Gasteiger partial charge in [-0.25, -0.2) is 4.99 Å². The van der Waals surface area contributed by atoms with E-state index in [1.54, 1.807) is 0 Å². The highest BCUT2D eigenvalue weighted by Gasteiger charge is 2.36. The van der Waals surface area contributed by atoms with Gasteiger partial charge in [-0.2, -0.15) is 0 Å². The third-order valence-corrected chi connectivity index (χ3v) is 3.14. The van der Waals surface area contributed by atoms with Gasteiger partial charge in [-0.3, -0.25) is 4.79 Å². The van der Waals surface area contributed by atoms with E-state index in [1.807, 2.05) is 27.7 Å². The largest absolute Gasteiger partial charge is 0.357 e. The van der Waals surface area contributed by atoms with Gasteiger partial charge in [0.05, 0.1) is 0 Å². The Hall–Kier alpha value is -0.530. The van der Waals surface area contributed by atoms with Crippen molar-refractivity contribution in [2.75, 3.05) is 13.1 Å². The SMILES string of the molecule is CCCC1CC1NC(=NCC(=O)NC(C)(C)C)NCC.I. The van der Waals surface area contributed by atoms with Crippen LogP contribution in [0.4, 0.5) is 0 Å². The lowest BCUT2D eigenvalue weighted by molar-refractivity contribution is -0.121. The molecular weight excluding hydrogens is 379 g/mol. The highest BCUT2D eigenvalue weighted by atomic mass is 127. The topological polar surface area (TPSA) is 65.5 Å². The van der Waals surface area contributed by atoms with Crippen LogP contribution in [-0.2, 0) is 4.79 Å². The first-order valence-corrected chi connectivity index (χ1v) is 7.71. The Morgan fingerprint density at radius 2 is 1.95 bits per heavy atom. The van der Waals surface area contributed by atoms with Gasteiger partial charge in [0.1, 0.15) is 6.54 Å². The Morgan fingerprint density at radius 1 is 1.29 bits per heavy atom. The summed E-state index contributed by atoms with van der Waals surface area (Å²) in [5, 5.41) is 9.51. The second kappa shape index (κ2) is 9.48. The second-order valence-electron chi connectivity index (χ2n) is 6.53. The van der Waals surface area contributed by atoms with Crippen molar-refractivity contribution in [3.63, 3.8) is 0 Å². The number of rotatable bonds is 6. The van der Waals surface area contributed by atoms with E-state index in [1.165, 1.54) is 19.3 Å². The van der Waals surface area contributed by atoms with Gasteiger partial charge in [-0.15, -0.1) is 24.0 Å². The molecule has 2 unspecified atom stereocenters. The predicted octanol–water partition coefficient (Wildman–Crippen LogP) is 2.26. The summed E-state index contributed by atoms with van der Waals surface area (Å²) in [6.07, 6.45) is 3.71. The third-order valence-electron chi connectivity index (χ3n) is 3.14. The van der Waals surface area contributed by atoms with E-state index in [2.05, 4.69) is 27.9 Å². The van der Waals surface area contributed by atoms with Crippen molar-refractivity contribution in [1.82, 2.24) is 16.0 Å². The lowest BCUT2D eigenvalue weighted by Crippen LogP contribution is -2.43. The van der Waals surface area contributed by atoms with Gasteiger partial charge in [0, 0.05) is 18.1 Å². The Balaban J connectivity index is 0.00000400. The molecular formula is C15H31IN4O. The van der Waals surface area contributed by atoms with Crippen molar-refractivity contribution in [2.45, 2.75) is 65.5 Å². The second-order valence-corrected chi connectivity index (χ2v) is 6.53. The molecule has 5 nitrogen and oxygen atoms in total. The predicted molar refractivity (Wildman–Crippen MR) is 99.2 cm³/mol. The molecule has 0 aliphatic heterocycles. The average Bonchev–Trinajstić information content (AvgIpc) is 3.03. The Kier molecular flexibility index (Phi) is 9.24. The summed E-state index contributed by atoms with van der Waals surface area (Å²) < 4.78 is 0. The molecule has 6 heteroatoms. The molecule has 1 saturated carbocycles. The zero-order valence-electron chi connectivity index (χ0n) is 14.0. The van der Waals surface area contributed by atoms with E-state index >= 15 is 0 Å². The molecule has 0 aromatic rings. The van der Waals surface area contributed by atoms with Crippen LogP contribution in [0.3, 0.4) is 0 Å². The minimum atomic E-state index is -0.207. The Bertz CT molecular complexity index is 352. The van der Waals surface area contributed by atoms with Crippen molar-refractivity contribution in [3.05, 3.63) is 0 Å². The maximum absolute atomic E-state index is 11.8. The number of carbonyl (C=O) groups is 1. The van der Waals surface area contributed by atoms with Gasteiger partial charge < -0.3 is 16.0 Å². The van der Waals surface area contributed by atoms with E-state index in [9.17, 15) is 4.79 Å². The molecule has 21 heavy (non-hydrogen) atoms. The number of amides is 1. The number of nitrogens with one attached hydrogen (secondary N) is 3. The summed E-state index contributed by atoms with van der Waals surface area (Å²) in [5.74, 6) is 1.48. The molecule has 3 N–H and O–H groups in total. The van der Waals surface area contributed by atoms with Crippen LogP contribution in [0.5, 0.6) is 0 Å². The smallest absolute Gasteiger partial charge is 0.242 e. The Labute approximate surface area is 146 Å². The summed E-state index contributed by atoms with van der Waals surface area (Å²) in [7, 11) is 0. The molecule has 124 valence electrons. The third kappa shape index (κ3) is 9.16. The van der Waals surface area contributed by atoms with Crippen LogP contribution in [-0.4, -0.2) is 36.5 Å². The maximum atomic E-state index is 11.8. The number of nitrogens with zero attached hydrogens (tertiary/aromatic N) is 1. The minimum absolute atomic E-state index is 0. The molecule has 1 amide bonds. The zero-order valence-corrected chi connectivity index (χ0v) is 16.3. The van der Waals surface area contributed by atoms with Crippen LogP contribution >= 0.6 is 24.0 Å². The first kappa shape index (κ1) is 20.5. The standard InChI is InChI=1S/C15H30N4O.HI/c1-6-8-11-9-12(11)18-14(16-7-2)17-10-13(20)19-15(3,4)5;/h11-12H,6-10H2,1-5H3,(H,19,20)(H2,16,17,18);1H. The van der Waals surface area contributed by atoms with Crippen molar-refractivity contribution >= 4 is 35.8 Å². The van der Waals surface area contributed by atoms with Crippen molar-refractivity contribution in [3.8, 4) is 0 Å². The van der Waals surface area contributed by atoms with Gasteiger partial charge in [-0.1, -0.05) is 13.3 Å². The molecule has 1 aliphatic rings. The van der Waals surface area contributed by atoms with Crippen LogP contribution in [0.25, 0.3) is 0 Å². The summed E-state index contributed by atoms with van der Waals surface area (Å²) in [4.78, 5) is 16.1. The molecule has 0 radical (unpaired) electrons. The van der Waals surface area contributed by atoms with Crippen molar-refractivity contribution in [1.29, 1.82) is 0 Å². The normalized spacial score (nSPS) is 21.3. The fraction of sp³-hybridized carbons (Fsp3) is 0.867. The summed E-state index contributed by atoms with van der Waals surface area (Å²) in [6, 6.07) is 0.526. The number of carbonyl (C=O) groups excluding carboxylic acids is 1. The van der Waals surface area contributed by atoms with E-state index in [-0.39, 0.29) is 42.0 Å². The number of hydrogen-bond donors (Lipinski definition) is 3. The molecule has 0 aromatic carbocycles. The molecule has 0 bridgehead atoms. The minimum Gasteiger partial charge on any atom is -0.357 e. The van der Waals surface area contributed by atoms with E-state index in [4.69, 9.17) is 0 Å². The van der Waals surface area contributed by atoms with E-state index in [0.29, 0.717) is 6.04 Å². The molecule has 2 atom stereocenters. The molecule has 0 aromatic heterocycles. The number of aliphatic imine (C=N–C) groups is 1.